The van der Waals surface area contributed by atoms with Gasteiger partial charge in [-0.25, -0.2) is 13.2 Å². The zero-order valence-corrected chi connectivity index (χ0v) is 18.1. The van der Waals surface area contributed by atoms with Gasteiger partial charge in [0.1, 0.15) is 0 Å². The number of hydrogen-bond donors (Lipinski definition) is 2. The number of urea groups is 1. The zero-order chi connectivity index (χ0) is 21.1. The number of carbonyl (C=O) groups is 1. The molecule has 2 N–H and O–H groups in total. The molecule has 1 atom stereocenters. The van der Waals surface area contributed by atoms with Gasteiger partial charge in [-0.3, -0.25) is 0 Å². The van der Waals surface area contributed by atoms with Gasteiger partial charge in [-0.05, 0) is 47.9 Å². The Balaban J connectivity index is 1.50. The standard InChI is InChI=1S/C23H29N3O3S/c1-30(28,29)26-15-14-20-19(16-26)12-7-13-21(20)24-23(27)25-22(18-10-5-6-11-18)17-8-3-2-4-9-17/h2-4,7-9,12-13,18,22H,5-6,10-11,14-16H2,1H3,(H2,24,25,27). The van der Waals surface area contributed by atoms with E-state index in [1.807, 2.05) is 36.4 Å². The summed E-state index contributed by atoms with van der Waals surface area (Å²) in [5.41, 5.74) is 3.86. The minimum absolute atomic E-state index is 0.00559. The third-order valence-electron chi connectivity index (χ3n) is 6.26. The zero-order valence-electron chi connectivity index (χ0n) is 17.3. The summed E-state index contributed by atoms with van der Waals surface area (Å²) in [5, 5.41) is 6.24. The van der Waals surface area contributed by atoms with Crippen molar-refractivity contribution in [2.45, 2.75) is 44.7 Å². The molecule has 0 spiro atoms. The molecule has 2 aromatic carbocycles. The molecule has 7 heteroatoms. The van der Waals surface area contributed by atoms with Crippen molar-refractivity contribution in [2.75, 3.05) is 18.1 Å². The number of amides is 2. The summed E-state index contributed by atoms with van der Waals surface area (Å²) in [5.74, 6) is 0.450. The van der Waals surface area contributed by atoms with Crippen molar-refractivity contribution in [1.82, 2.24) is 9.62 Å². The second-order valence-electron chi connectivity index (χ2n) is 8.32. The van der Waals surface area contributed by atoms with Crippen LogP contribution in [0.25, 0.3) is 0 Å². The van der Waals surface area contributed by atoms with E-state index in [0.29, 0.717) is 25.4 Å². The molecule has 1 aliphatic heterocycles. The SMILES string of the molecule is CS(=O)(=O)N1CCc2c(cccc2NC(=O)NC(c2ccccc2)C2CCCC2)C1. The molecule has 2 aromatic rings. The van der Waals surface area contributed by atoms with E-state index in [-0.39, 0.29) is 12.1 Å². The maximum Gasteiger partial charge on any atom is 0.319 e. The number of nitrogens with zero attached hydrogens (tertiary/aromatic N) is 1. The molecule has 1 saturated carbocycles. The van der Waals surface area contributed by atoms with Gasteiger partial charge < -0.3 is 10.6 Å². The second-order valence-corrected chi connectivity index (χ2v) is 10.3. The molecular formula is C23H29N3O3S. The summed E-state index contributed by atoms with van der Waals surface area (Å²) >= 11 is 0. The van der Waals surface area contributed by atoms with Gasteiger partial charge in [-0.2, -0.15) is 4.31 Å². The lowest BCUT2D eigenvalue weighted by atomic mass is 9.92. The molecule has 160 valence electrons. The average molecular weight is 428 g/mol. The van der Waals surface area contributed by atoms with Gasteiger partial charge in [0.05, 0.1) is 12.3 Å². The van der Waals surface area contributed by atoms with Crippen molar-refractivity contribution >= 4 is 21.7 Å². The molecule has 4 rings (SSSR count). The van der Waals surface area contributed by atoms with Gasteiger partial charge in [-0.15, -0.1) is 0 Å². The first-order valence-corrected chi connectivity index (χ1v) is 12.4. The molecule has 2 amide bonds. The quantitative estimate of drug-likeness (QED) is 0.755. The summed E-state index contributed by atoms with van der Waals surface area (Å²) in [4.78, 5) is 12.9. The van der Waals surface area contributed by atoms with E-state index >= 15 is 0 Å². The molecule has 2 aliphatic rings. The summed E-state index contributed by atoms with van der Waals surface area (Å²) in [6.07, 6.45) is 6.49. The van der Waals surface area contributed by atoms with E-state index in [0.717, 1.165) is 35.2 Å². The fourth-order valence-corrected chi connectivity index (χ4v) is 5.50. The van der Waals surface area contributed by atoms with Crippen molar-refractivity contribution in [1.29, 1.82) is 0 Å². The van der Waals surface area contributed by atoms with Crippen LogP contribution in [0.1, 0.15) is 48.4 Å². The van der Waals surface area contributed by atoms with Gasteiger partial charge in [0, 0.05) is 18.8 Å². The molecule has 0 bridgehead atoms. The van der Waals surface area contributed by atoms with Crippen LogP contribution in [0.15, 0.2) is 48.5 Å². The fraction of sp³-hybridized carbons (Fsp3) is 0.435. The van der Waals surface area contributed by atoms with Crippen molar-refractivity contribution in [3.05, 3.63) is 65.2 Å². The Bertz CT molecular complexity index is 1000. The van der Waals surface area contributed by atoms with Crippen LogP contribution in [-0.4, -0.2) is 31.6 Å². The Hall–Kier alpha value is -2.38. The Labute approximate surface area is 178 Å². The molecule has 1 aliphatic carbocycles. The number of hydrogen-bond acceptors (Lipinski definition) is 3. The van der Waals surface area contributed by atoms with E-state index < -0.39 is 10.0 Å². The number of benzene rings is 2. The lowest BCUT2D eigenvalue weighted by Crippen LogP contribution is -2.37. The monoisotopic (exact) mass is 427 g/mol. The Morgan fingerprint density at radius 3 is 2.50 bits per heavy atom. The van der Waals surface area contributed by atoms with Crippen molar-refractivity contribution < 1.29 is 13.2 Å². The number of sulfonamides is 1. The van der Waals surface area contributed by atoms with Crippen LogP contribution in [-0.2, 0) is 23.0 Å². The summed E-state index contributed by atoms with van der Waals surface area (Å²) < 4.78 is 25.3. The topological polar surface area (TPSA) is 78.5 Å². The number of rotatable bonds is 5. The van der Waals surface area contributed by atoms with Gasteiger partial charge in [0.2, 0.25) is 10.0 Å². The van der Waals surface area contributed by atoms with E-state index in [1.165, 1.54) is 23.4 Å². The predicted octanol–water partition coefficient (Wildman–Crippen LogP) is 4.06. The molecule has 1 heterocycles. The maximum absolute atomic E-state index is 12.9. The van der Waals surface area contributed by atoms with E-state index in [2.05, 4.69) is 22.8 Å². The number of anilines is 1. The molecule has 0 aromatic heterocycles. The van der Waals surface area contributed by atoms with Crippen LogP contribution in [0.3, 0.4) is 0 Å². The van der Waals surface area contributed by atoms with Gasteiger partial charge in [0.25, 0.3) is 0 Å². The minimum atomic E-state index is -3.23. The Kier molecular flexibility index (Phi) is 6.11. The molecular weight excluding hydrogens is 398 g/mol. The van der Waals surface area contributed by atoms with Gasteiger partial charge in [-0.1, -0.05) is 55.3 Å². The van der Waals surface area contributed by atoms with Crippen molar-refractivity contribution in [2.24, 2.45) is 5.92 Å². The predicted molar refractivity (Wildman–Crippen MR) is 119 cm³/mol. The van der Waals surface area contributed by atoms with Crippen LogP contribution in [0.5, 0.6) is 0 Å². The number of nitrogens with one attached hydrogen (secondary N) is 2. The first-order chi connectivity index (χ1) is 14.4. The molecule has 1 unspecified atom stereocenters. The Morgan fingerprint density at radius 1 is 1.07 bits per heavy atom. The highest BCUT2D eigenvalue weighted by Crippen LogP contribution is 2.36. The minimum Gasteiger partial charge on any atom is -0.331 e. The van der Waals surface area contributed by atoms with Crippen LogP contribution < -0.4 is 10.6 Å². The molecule has 0 radical (unpaired) electrons. The first kappa shape index (κ1) is 20.9. The lowest BCUT2D eigenvalue weighted by molar-refractivity contribution is 0.242. The second kappa shape index (κ2) is 8.78. The average Bonchev–Trinajstić information content (AvgIpc) is 3.26. The van der Waals surface area contributed by atoms with Gasteiger partial charge in [0.15, 0.2) is 0 Å². The highest BCUT2D eigenvalue weighted by Gasteiger charge is 2.29. The van der Waals surface area contributed by atoms with E-state index in [1.54, 1.807) is 0 Å². The third-order valence-corrected chi connectivity index (χ3v) is 7.51. The molecule has 30 heavy (non-hydrogen) atoms. The number of carbonyl (C=O) groups excluding carboxylic acids is 1. The Morgan fingerprint density at radius 2 is 1.80 bits per heavy atom. The lowest BCUT2D eigenvalue weighted by Gasteiger charge is -2.29. The third kappa shape index (κ3) is 4.68. The summed E-state index contributed by atoms with van der Waals surface area (Å²) in [7, 11) is -3.23. The summed E-state index contributed by atoms with van der Waals surface area (Å²) in [6, 6.07) is 15.6. The smallest absolute Gasteiger partial charge is 0.319 e. The largest absolute Gasteiger partial charge is 0.331 e. The van der Waals surface area contributed by atoms with E-state index in [4.69, 9.17) is 0 Å². The van der Waals surface area contributed by atoms with Crippen molar-refractivity contribution in [3.8, 4) is 0 Å². The fourth-order valence-electron chi connectivity index (χ4n) is 4.71. The highest BCUT2D eigenvalue weighted by molar-refractivity contribution is 7.88. The van der Waals surface area contributed by atoms with Crippen LogP contribution >= 0.6 is 0 Å². The van der Waals surface area contributed by atoms with E-state index in [9.17, 15) is 13.2 Å². The van der Waals surface area contributed by atoms with Crippen LogP contribution in [0.2, 0.25) is 0 Å². The normalized spacial score (nSPS) is 18.6. The van der Waals surface area contributed by atoms with Gasteiger partial charge >= 0.3 is 6.03 Å². The first-order valence-electron chi connectivity index (χ1n) is 10.6. The summed E-state index contributed by atoms with van der Waals surface area (Å²) in [6.45, 7) is 0.779. The maximum atomic E-state index is 12.9. The van der Waals surface area contributed by atoms with Crippen molar-refractivity contribution in [3.63, 3.8) is 0 Å². The molecule has 1 fully saturated rings. The molecule has 6 nitrogen and oxygen atoms in total. The molecule has 0 saturated heterocycles. The van der Waals surface area contributed by atoms with Crippen LogP contribution in [0, 0.1) is 5.92 Å². The highest BCUT2D eigenvalue weighted by atomic mass is 32.2. The number of fused-ring (bicyclic) bond motifs is 1. The van der Waals surface area contributed by atoms with Crippen LogP contribution in [0.4, 0.5) is 10.5 Å².